The lowest BCUT2D eigenvalue weighted by molar-refractivity contribution is -0.154. The van der Waals surface area contributed by atoms with Crippen molar-refractivity contribution >= 4 is 17.8 Å². The van der Waals surface area contributed by atoms with Gasteiger partial charge in [-0.05, 0) is 19.1 Å². The van der Waals surface area contributed by atoms with Gasteiger partial charge in [-0.15, -0.1) is 0 Å². The molecule has 0 saturated heterocycles. The lowest BCUT2D eigenvalue weighted by Crippen LogP contribution is -2.50. The van der Waals surface area contributed by atoms with Crippen LogP contribution in [0.15, 0.2) is 42.6 Å². The van der Waals surface area contributed by atoms with Crippen LogP contribution in [-0.4, -0.2) is 34.9 Å². The monoisotopic (exact) mass is 289 g/mol. The van der Waals surface area contributed by atoms with E-state index in [9.17, 15) is 14.4 Å². The average molecular weight is 289 g/mol. The first-order valence-corrected chi connectivity index (χ1v) is 6.43. The number of hydrogen-bond acceptors (Lipinski definition) is 5. The lowest BCUT2D eigenvalue weighted by atomic mass is 10.0. The quantitative estimate of drug-likeness (QED) is 0.777. The number of amides is 1. The fourth-order valence-corrected chi connectivity index (χ4v) is 1.97. The summed E-state index contributed by atoms with van der Waals surface area (Å²) in [5, 5.41) is 0. The maximum atomic E-state index is 12.1. The summed E-state index contributed by atoms with van der Waals surface area (Å²) in [6.45, 7) is 2.83. The molecule has 21 heavy (non-hydrogen) atoms. The Morgan fingerprint density at radius 1 is 1.19 bits per heavy atom. The SMILES string of the molecule is CC(=O)O[C@H]1C(=O)C=CN(C(=O)Oc2ccccc2)[C@@H]1C. The van der Waals surface area contributed by atoms with Crippen molar-refractivity contribution in [3.8, 4) is 5.75 Å². The van der Waals surface area contributed by atoms with E-state index < -0.39 is 24.2 Å². The molecule has 0 radical (unpaired) electrons. The van der Waals surface area contributed by atoms with Crippen molar-refractivity contribution in [3.05, 3.63) is 42.6 Å². The molecule has 0 N–H and O–H groups in total. The van der Waals surface area contributed by atoms with Gasteiger partial charge in [0.1, 0.15) is 5.75 Å². The molecule has 2 rings (SSSR count). The van der Waals surface area contributed by atoms with Crippen LogP contribution in [0.4, 0.5) is 4.79 Å². The Bertz CT molecular complexity index is 581. The Morgan fingerprint density at radius 3 is 2.48 bits per heavy atom. The van der Waals surface area contributed by atoms with Crippen LogP contribution in [0.3, 0.4) is 0 Å². The van der Waals surface area contributed by atoms with Gasteiger partial charge in [0.25, 0.3) is 0 Å². The summed E-state index contributed by atoms with van der Waals surface area (Å²) in [7, 11) is 0. The first kappa shape index (κ1) is 14.8. The van der Waals surface area contributed by atoms with E-state index in [1.54, 1.807) is 37.3 Å². The second kappa shape index (κ2) is 6.21. The lowest BCUT2D eigenvalue weighted by Gasteiger charge is -2.32. The zero-order valence-electron chi connectivity index (χ0n) is 11.7. The molecule has 0 unspecified atom stereocenters. The third-order valence-corrected chi connectivity index (χ3v) is 3.01. The van der Waals surface area contributed by atoms with Gasteiger partial charge >= 0.3 is 12.1 Å². The molecule has 0 fully saturated rings. The molecule has 110 valence electrons. The fourth-order valence-electron chi connectivity index (χ4n) is 1.97. The molecular formula is C15H15NO5. The number of carbonyl (C=O) groups is 3. The molecule has 6 heteroatoms. The summed E-state index contributed by atoms with van der Waals surface area (Å²) in [4.78, 5) is 36.1. The molecule has 0 spiro atoms. The number of rotatable bonds is 2. The molecule has 0 saturated carbocycles. The van der Waals surface area contributed by atoms with Crippen molar-refractivity contribution in [3.63, 3.8) is 0 Å². The second-order valence-corrected chi connectivity index (χ2v) is 4.58. The van der Waals surface area contributed by atoms with Gasteiger partial charge in [0, 0.05) is 19.2 Å². The number of esters is 1. The van der Waals surface area contributed by atoms with Crippen LogP contribution >= 0.6 is 0 Å². The number of ketones is 1. The Morgan fingerprint density at radius 2 is 1.86 bits per heavy atom. The predicted octanol–water partition coefficient (Wildman–Crippen LogP) is 1.90. The summed E-state index contributed by atoms with van der Waals surface area (Å²) < 4.78 is 10.2. The van der Waals surface area contributed by atoms with Crippen molar-refractivity contribution in [2.75, 3.05) is 0 Å². The van der Waals surface area contributed by atoms with E-state index in [-0.39, 0.29) is 5.78 Å². The Kier molecular flexibility index (Phi) is 4.37. The van der Waals surface area contributed by atoms with E-state index in [1.807, 2.05) is 0 Å². The molecular weight excluding hydrogens is 274 g/mol. The predicted molar refractivity (Wildman–Crippen MR) is 73.5 cm³/mol. The first-order chi connectivity index (χ1) is 9.99. The van der Waals surface area contributed by atoms with Crippen molar-refractivity contribution in [1.82, 2.24) is 4.90 Å². The topological polar surface area (TPSA) is 72.9 Å². The Balaban J connectivity index is 2.12. The molecule has 0 bridgehead atoms. The number of benzene rings is 1. The summed E-state index contributed by atoms with van der Waals surface area (Å²) in [6, 6.07) is 7.93. The molecule has 6 nitrogen and oxygen atoms in total. The normalized spacial score (nSPS) is 21.0. The first-order valence-electron chi connectivity index (χ1n) is 6.43. The van der Waals surface area contributed by atoms with Gasteiger partial charge in [0.2, 0.25) is 0 Å². The Hall–Kier alpha value is -2.63. The van der Waals surface area contributed by atoms with E-state index in [2.05, 4.69) is 0 Å². The second-order valence-electron chi connectivity index (χ2n) is 4.58. The molecule has 1 aromatic carbocycles. The minimum atomic E-state index is -1.02. The fraction of sp³-hybridized carbons (Fsp3) is 0.267. The molecule has 2 atom stereocenters. The summed E-state index contributed by atoms with van der Waals surface area (Å²) in [5.41, 5.74) is 0. The van der Waals surface area contributed by atoms with Gasteiger partial charge in [-0.3, -0.25) is 14.5 Å². The summed E-state index contributed by atoms with van der Waals surface area (Å²) in [5.74, 6) is -0.544. The minimum Gasteiger partial charge on any atom is -0.452 e. The number of carbonyl (C=O) groups excluding carboxylic acids is 3. The highest BCUT2D eigenvalue weighted by Gasteiger charge is 2.36. The summed E-state index contributed by atoms with van der Waals surface area (Å²) >= 11 is 0. The maximum absolute atomic E-state index is 12.1. The van der Waals surface area contributed by atoms with Gasteiger partial charge in [-0.25, -0.2) is 4.79 Å². The number of ether oxygens (including phenoxy) is 2. The van der Waals surface area contributed by atoms with Gasteiger partial charge < -0.3 is 9.47 Å². The van der Waals surface area contributed by atoms with Crippen LogP contribution < -0.4 is 4.74 Å². The zero-order valence-corrected chi connectivity index (χ0v) is 11.7. The Labute approximate surface area is 121 Å². The van der Waals surface area contributed by atoms with Crippen molar-refractivity contribution in [1.29, 1.82) is 0 Å². The van der Waals surface area contributed by atoms with E-state index in [0.29, 0.717) is 5.75 Å². The molecule has 1 aliphatic rings. The molecule has 1 amide bonds. The van der Waals surface area contributed by atoms with Gasteiger partial charge in [-0.2, -0.15) is 0 Å². The summed E-state index contributed by atoms with van der Waals surface area (Å²) in [6.07, 6.45) is 0.864. The van der Waals surface area contributed by atoms with Crippen molar-refractivity contribution in [2.24, 2.45) is 0 Å². The third kappa shape index (κ3) is 3.47. The van der Waals surface area contributed by atoms with E-state index in [1.165, 1.54) is 24.1 Å². The van der Waals surface area contributed by atoms with Crippen molar-refractivity contribution in [2.45, 2.75) is 26.0 Å². The van der Waals surface area contributed by atoms with Gasteiger partial charge in [-0.1, -0.05) is 18.2 Å². The highest BCUT2D eigenvalue weighted by Crippen LogP contribution is 2.19. The number of hydrogen-bond donors (Lipinski definition) is 0. The molecule has 1 heterocycles. The van der Waals surface area contributed by atoms with Crippen LogP contribution in [0.2, 0.25) is 0 Å². The smallest absolute Gasteiger partial charge is 0.419 e. The van der Waals surface area contributed by atoms with Gasteiger partial charge in [0.05, 0.1) is 6.04 Å². The third-order valence-electron chi connectivity index (χ3n) is 3.01. The van der Waals surface area contributed by atoms with Crippen LogP contribution in [0, 0.1) is 0 Å². The number of para-hydroxylation sites is 1. The van der Waals surface area contributed by atoms with E-state index in [0.717, 1.165) is 0 Å². The maximum Gasteiger partial charge on any atom is 0.419 e. The molecule has 1 aromatic rings. The standard InChI is InChI=1S/C15H15NO5/c1-10-14(20-11(2)17)13(18)8-9-16(10)15(19)21-12-6-4-3-5-7-12/h3-10,14H,1-2H3/t10-,14-/m1/s1. The van der Waals surface area contributed by atoms with Crippen LogP contribution in [0.5, 0.6) is 5.75 Å². The van der Waals surface area contributed by atoms with E-state index >= 15 is 0 Å². The van der Waals surface area contributed by atoms with Crippen LogP contribution in [0.25, 0.3) is 0 Å². The van der Waals surface area contributed by atoms with Crippen molar-refractivity contribution < 1.29 is 23.9 Å². The van der Waals surface area contributed by atoms with E-state index in [4.69, 9.17) is 9.47 Å². The highest BCUT2D eigenvalue weighted by atomic mass is 16.6. The van der Waals surface area contributed by atoms with Crippen LogP contribution in [-0.2, 0) is 14.3 Å². The highest BCUT2D eigenvalue weighted by molar-refractivity contribution is 5.97. The molecule has 0 aliphatic carbocycles. The average Bonchev–Trinajstić information content (AvgIpc) is 2.44. The minimum absolute atomic E-state index is 0.360. The van der Waals surface area contributed by atoms with Gasteiger partial charge in [0.15, 0.2) is 11.9 Å². The molecule has 0 aromatic heterocycles. The largest absolute Gasteiger partial charge is 0.452 e. The van der Waals surface area contributed by atoms with Crippen LogP contribution in [0.1, 0.15) is 13.8 Å². The number of nitrogens with zero attached hydrogens (tertiary/aromatic N) is 1. The zero-order chi connectivity index (χ0) is 15.4. The molecule has 1 aliphatic heterocycles.